The predicted molar refractivity (Wildman–Crippen MR) is 152 cm³/mol. The van der Waals surface area contributed by atoms with Gasteiger partial charge < -0.3 is 14.4 Å². The number of hydroxylamine groups is 1. The molecule has 0 unspecified atom stereocenters. The number of carbonyl (C=O) groups excluding carboxylic acids is 1. The van der Waals surface area contributed by atoms with E-state index in [2.05, 4.69) is 14.7 Å². The Hall–Kier alpha value is -4.70. The van der Waals surface area contributed by atoms with E-state index in [4.69, 9.17) is 24.6 Å². The number of piperidine rings is 1. The smallest absolute Gasteiger partial charge is 0.276 e. The number of hydrogen-bond acceptors (Lipinski definition) is 11. The van der Waals surface area contributed by atoms with Crippen molar-refractivity contribution in [2.75, 3.05) is 36.1 Å². The van der Waals surface area contributed by atoms with Gasteiger partial charge in [0, 0.05) is 42.5 Å². The normalized spacial score (nSPS) is 13.6. The van der Waals surface area contributed by atoms with Gasteiger partial charge in [-0.3, -0.25) is 19.7 Å². The molecule has 4 heterocycles. The first-order chi connectivity index (χ1) is 20.6. The van der Waals surface area contributed by atoms with Crippen molar-refractivity contribution < 1.29 is 36.7 Å². The van der Waals surface area contributed by atoms with E-state index in [1.165, 1.54) is 30.9 Å². The maximum Gasteiger partial charge on any atom is 0.276 e. The summed E-state index contributed by atoms with van der Waals surface area (Å²) in [5.41, 5.74) is 1.90. The lowest BCUT2D eigenvalue weighted by molar-refractivity contribution is 0.0705. The largest absolute Gasteiger partial charge is 0.485 e. The standard InChI is InChI=1S/C27H27F2N7O6S/c1-41-26-20(35-43(2,39)40)9-15(12-31-26)23-18-10-17(28)11-22(24(18)33-27(32-23)36-6-4-3-5-7-36)42-14-21-19(29)8-16(13-30-21)25(37)34-38/h8-13,35,38H,3-7,14H2,1-2H3,(H,34,37). The summed E-state index contributed by atoms with van der Waals surface area (Å²) in [4.78, 5) is 31.1. The molecule has 5 rings (SSSR count). The lowest BCUT2D eigenvalue weighted by Crippen LogP contribution is -2.31. The molecule has 1 aromatic carbocycles. The highest BCUT2D eigenvalue weighted by molar-refractivity contribution is 7.92. The Labute approximate surface area is 244 Å². The van der Waals surface area contributed by atoms with Crippen LogP contribution >= 0.6 is 0 Å². The molecule has 0 radical (unpaired) electrons. The van der Waals surface area contributed by atoms with Crippen molar-refractivity contribution in [1.82, 2.24) is 25.4 Å². The number of anilines is 2. The minimum absolute atomic E-state index is 0.0220. The van der Waals surface area contributed by atoms with Gasteiger partial charge in [0.1, 0.15) is 40.9 Å². The number of carbonyl (C=O) groups is 1. The Kier molecular flexibility index (Phi) is 8.50. The van der Waals surface area contributed by atoms with Crippen molar-refractivity contribution in [2.24, 2.45) is 0 Å². The lowest BCUT2D eigenvalue weighted by Gasteiger charge is -2.27. The fourth-order valence-electron chi connectivity index (χ4n) is 4.65. The maximum atomic E-state index is 15.0. The molecular weight excluding hydrogens is 588 g/mol. The third kappa shape index (κ3) is 6.70. The van der Waals surface area contributed by atoms with Crippen LogP contribution in [0.25, 0.3) is 22.2 Å². The number of pyridine rings is 2. The molecule has 0 saturated carbocycles. The zero-order chi connectivity index (χ0) is 30.7. The Morgan fingerprint density at radius 3 is 2.51 bits per heavy atom. The number of fused-ring (bicyclic) bond motifs is 1. The summed E-state index contributed by atoms with van der Waals surface area (Å²) in [5, 5.41) is 9.01. The van der Waals surface area contributed by atoms with E-state index >= 15 is 4.39 Å². The van der Waals surface area contributed by atoms with Gasteiger partial charge >= 0.3 is 0 Å². The van der Waals surface area contributed by atoms with Crippen LogP contribution < -0.4 is 24.6 Å². The van der Waals surface area contributed by atoms with Crippen molar-refractivity contribution in [2.45, 2.75) is 25.9 Å². The number of ether oxygens (including phenoxy) is 2. The van der Waals surface area contributed by atoms with Crippen molar-refractivity contribution in [3.05, 3.63) is 59.6 Å². The third-order valence-corrected chi connectivity index (χ3v) is 7.21. The zero-order valence-electron chi connectivity index (χ0n) is 23.1. The molecule has 0 atom stereocenters. The number of nitrogens with zero attached hydrogens (tertiary/aromatic N) is 5. The molecule has 226 valence electrons. The van der Waals surface area contributed by atoms with Crippen LogP contribution in [0.1, 0.15) is 35.3 Å². The molecule has 1 fully saturated rings. The first-order valence-corrected chi connectivity index (χ1v) is 15.0. The monoisotopic (exact) mass is 615 g/mol. The minimum atomic E-state index is -3.70. The number of amides is 1. The van der Waals surface area contributed by atoms with E-state index in [1.54, 1.807) is 0 Å². The molecular formula is C27H27F2N7O6S. The van der Waals surface area contributed by atoms with Crippen molar-refractivity contribution in [3.63, 3.8) is 0 Å². The van der Waals surface area contributed by atoms with Crippen LogP contribution in [0, 0.1) is 11.6 Å². The second-order valence-electron chi connectivity index (χ2n) is 9.76. The SMILES string of the molecule is COc1ncc(-c2nc(N3CCCCC3)nc3c(OCc4ncc(C(=O)NO)cc4F)cc(F)cc23)cc1NS(C)(=O)=O. The van der Waals surface area contributed by atoms with Gasteiger partial charge in [-0.2, -0.15) is 0 Å². The fourth-order valence-corrected chi connectivity index (χ4v) is 5.19. The van der Waals surface area contributed by atoms with Crippen LogP contribution in [-0.2, 0) is 16.6 Å². The van der Waals surface area contributed by atoms with E-state index in [-0.39, 0.29) is 45.2 Å². The van der Waals surface area contributed by atoms with Gasteiger partial charge in [-0.25, -0.2) is 37.6 Å². The highest BCUT2D eigenvalue weighted by Crippen LogP contribution is 2.37. The molecule has 1 aliphatic heterocycles. The summed E-state index contributed by atoms with van der Waals surface area (Å²) in [6.07, 6.45) is 6.36. The molecule has 43 heavy (non-hydrogen) atoms. The number of rotatable bonds is 9. The van der Waals surface area contributed by atoms with Crippen molar-refractivity contribution in [3.8, 4) is 22.9 Å². The van der Waals surface area contributed by atoms with Gasteiger partial charge in [-0.1, -0.05) is 0 Å². The number of benzene rings is 1. The zero-order valence-corrected chi connectivity index (χ0v) is 23.9. The average molecular weight is 616 g/mol. The second-order valence-corrected chi connectivity index (χ2v) is 11.5. The summed E-state index contributed by atoms with van der Waals surface area (Å²) in [6.45, 7) is 0.941. The Balaban J connectivity index is 1.62. The van der Waals surface area contributed by atoms with Gasteiger partial charge in [-0.05, 0) is 37.5 Å². The van der Waals surface area contributed by atoms with E-state index in [0.29, 0.717) is 24.6 Å². The van der Waals surface area contributed by atoms with Crippen LogP contribution in [0.2, 0.25) is 0 Å². The molecule has 0 aliphatic carbocycles. The minimum Gasteiger partial charge on any atom is -0.485 e. The number of nitrogens with one attached hydrogen (secondary N) is 2. The van der Waals surface area contributed by atoms with Crippen LogP contribution in [0.4, 0.5) is 20.4 Å². The van der Waals surface area contributed by atoms with E-state index < -0.39 is 34.2 Å². The summed E-state index contributed by atoms with van der Waals surface area (Å²) < 4.78 is 67.1. The van der Waals surface area contributed by atoms with Crippen LogP contribution in [-0.4, -0.2) is 65.9 Å². The van der Waals surface area contributed by atoms with Crippen LogP contribution in [0.5, 0.6) is 11.6 Å². The number of aromatic nitrogens is 4. The first kappa shape index (κ1) is 29.8. The molecule has 1 aliphatic rings. The number of hydrogen-bond donors (Lipinski definition) is 3. The Morgan fingerprint density at radius 1 is 1.07 bits per heavy atom. The van der Waals surface area contributed by atoms with Gasteiger partial charge in [0.25, 0.3) is 5.91 Å². The Bertz CT molecular complexity index is 1800. The van der Waals surface area contributed by atoms with Gasteiger partial charge in [-0.15, -0.1) is 0 Å². The summed E-state index contributed by atoms with van der Waals surface area (Å²) in [5.74, 6) is -2.16. The predicted octanol–water partition coefficient (Wildman–Crippen LogP) is 3.43. The van der Waals surface area contributed by atoms with Gasteiger partial charge in [0.2, 0.25) is 21.9 Å². The molecule has 4 aromatic rings. The second kappa shape index (κ2) is 12.3. The van der Waals surface area contributed by atoms with Gasteiger partial charge in [0.15, 0.2) is 0 Å². The molecule has 1 saturated heterocycles. The topological polar surface area (TPSA) is 169 Å². The lowest BCUT2D eigenvalue weighted by atomic mass is 10.1. The highest BCUT2D eigenvalue weighted by Gasteiger charge is 2.22. The van der Waals surface area contributed by atoms with Crippen LogP contribution in [0.15, 0.2) is 36.7 Å². The fraction of sp³-hybridized carbons (Fsp3) is 0.296. The molecule has 13 nitrogen and oxygen atoms in total. The molecule has 1 amide bonds. The maximum absolute atomic E-state index is 15.0. The number of methoxy groups -OCH3 is 1. The molecule has 0 bridgehead atoms. The summed E-state index contributed by atoms with van der Waals surface area (Å²) >= 11 is 0. The van der Waals surface area contributed by atoms with E-state index in [1.807, 2.05) is 4.90 Å². The third-order valence-electron chi connectivity index (χ3n) is 6.62. The molecule has 3 aromatic heterocycles. The molecule has 3 N–H and O–H groups in total. The molecule has 0 spiro atoms. The average Bonchev–Trinajstić information content (AvgIpc) is 2.99. The Morgan fingerprint density at radius 2 is 1.84 bits per heavy atom. The quantitative estimate of drug-likeness (QED) is 0.186. The van der Waals surface area contributed by atoms with Crippen LogP contribution in [0.3, 0.4) is 0 Å². The number of sulfonamides is 1. The summed E-state index contributed by atoms with van der Waals surface area (Å²) in [7, 11) is -2.36. The highest BCUT2D eigenvalue weighted by atomic mass is 32.2. The first-order valence-electron chi connectivity index (χ1n) is 13.1. The van der Waals surface area contributed by atoms with E-state index in [0.717, 1.165) is 43.8 Å². The summed E-state index contributed by atoms with van der Waals surface area (Å²) in [6, 6.07) is 4.68. The van der Waals surface area contributed by atoms with E-state index in [9.17, 15) is 17.6 Å². The van der Waals surface area contributed by atoms with Crippen molar-refractivity contribution >= 4 is 38.5 Å². The number of halogens is 2. The molecule has 16 heteroatoms. The van der Waals surface area contributed by atoms with Crippen molar-refractivity contribution in [1.29, 1.82) is 0 Å². The van der Waals surface area contributed by atoms with Gasteiger partial charge in [0.05, 0.1) is 24.6 Å².